The summed E-state index contributed by atoms with van der Waals surface area (Å²) in [6, 6.07) is 9.97. The van der Waals surface area contributed by atoms with Gasteiger partial charge in [-0.05, 0) is 11.1 Å². The SMILES string of the molecule is C=C(c1ccccc1)[C@@H](C)C1(O)COC1. The highest BCUT2D eigenvalue weighted by Gasteiger charge is 2.42. The van der Waals surface area contributed by atoms with Gasteiger partial charge in [0.1, 0.15) is 5.60 Å². The van der Waals surface area contributed by atoms with Gasteiger partial charge in [0.15, 0.2) is 0 Å². The molecule has 1 aromatic rings. The van der Waals surface area contributed by atoms with E-state index in [1.807, 2.05) is 37.3 Å². The molecule has 1 atom stereocenters. The second-order valence-electron chi connectivity index (χ2n) is 4.21. The quantitative estimate of drug-likeness (QED) is 0.817. The van der Waals surface area contributed by atoms with Crippen LogP contribution in [0.1, 0.15) is 12.5 Å². The lowest BCUT2D eigenvalue weighted by molar-refractivity contribution is -0.193. The first-order chi connectivity index (χ1) is 7.13. The highest BCUT2D eigenvalue weighted by atomic mass is 16.5. The van der Waals surface area contributed by atoms with Crippen LogP contribution >= 0.6 is 0 Å². The third kappa shape index (κ3) is 1.83. The van der Waals surface area contributed by atoms with E-state index in [0.29, 0.717) is 13.2 Å². The molecule has 1 fully saturated rings. The summed E-state index contributed by atoms with van der Waals surface area (Å²) in [7, 11) is 0. The lowest BCUT2D eigenvalue weighted by Crippen LogP contribution is -2.54. The third-order valence-corrected chi connectivity index (χ3v) is 3.18. The van der Waals surface area contributed by atoms with Gasteiger partial charge in [0.2, 0.25) is 0 Å². The van der Waals surface area contributed by atoms with E-state index in [4.69, 9.17) is 4.74 Å². The van der Waals surface area contributed by atoms with Crippen molar-refractivity contribution in [1.82, 2.24) is 0 Å². The Labute approximate surface area is 90.2 Å². The Morgan fingerprint density at radius 3 is 2.47 bits per heavy atom. The van der Waals surface area contributed by atoms with Crippen molar-refractivity contribution in [2.45, 2.75) is 12.5 Å². The molecule has 1 aliphatic rings. The second kappa shape index (κ2) is 3.80. The first-order valence-corrected chi connectivity index (χ1v) is 5.18. The molecule has 2 rings (SSSR count). The molecule has 1 aromatic carbocycles. The zero-order valence-electron chi connectivity index (χ0n) is 8.94. The van der Waals surface area contributed by atoms with Crippen molar-refractivity contribution in [1.29, 1.82) is 0 Å². The van der Waals surface area contributed by atoms with Crippen molar-refractivity contribution in [3.8, 4) is 0 Å². The summed E-state index contributed by atoms with van der Waals surface area (Å²) < 4.78 is 5.05. The van der Waals surface area contributed by atoms with Gasteiger partial charge in [-0.1, -0.05) is 43.8 Å². The number of benzene rings is 1. The molecule has 1 aliphatic heterocycles. The van der Waals surface area contributed by atoms with E-state index in [-0.39, 0.29) is 5.92 Å². The fraction of sp³-hybridized carbons (Fsp3) is 0.385. The zero-order valence-corrected chi connectivity index (χ0v) is 8.94. The van der Waals surface area contributed by atoms with Crippen molar-refractivity contribution in [3.63, 3.8) is 0 Å². The maximum atomic E-state index is 10.1. The summed E-state index contributed by atoms with van der Waals surface area (Å²) in [6.45, 7) is 6.89. The number of hydrogen-bond acceptors (Lipinski definition) is 2. The predicted molar refractivity (Wildman–Crippen MR) is 60.4 cm³/mol. The summed E-state index contributed by atoms with van der Waals surface area (Å²) in [5, 5.41) is 10.1. The van der Waals surface area contributed by atoms with E-state index < -0.39 is 5.60 Å². The molecular weight excluding hydrogens is 188 g/mol. The van der Waals surface area contributed by atoms with Crippen LogP contribution < -0.4 is 0 Å². The van der Waals surface area contributed by atoms with Gasteiger partial charge in [-0.3, -0.25) is 0 Å². The van der Waals surface area contributed by atoms with Gasteiger partial charge < -0.3 is 9.84 Å². The van der Waals surface area contributed by atoms with Crippen LogP contribution in [0.4, 0.5) is 0 Å². The van der Waals surface area contributed by atoms with Gasteiger partial charge in [0, 0.05) is 5.92 Å². The molecular formula is C13H16O2. The van der Waals surface area contributed by atoms with Crippen molar-refractivity contribution in [2.24, 2.45) is 5.92 Å². The molecule has 15 heavy (non-hydrogen) atoms. The summed E-state index contributed by atoms with van der Waals surface area (Å²) in [5.74, 6) is 0.0358. The van der Waals surface area contributed by atoms with E-state index in [1.54, 1.807) is 0 Å². The average Bonchev–Trinajstić information content (AvgIpc) is 2.25. The summed E-state index contributed by atoms with van der Waals surface area (Å²) in [4.78, 5) is 0. The summed E-state index contributed by atoms with van der Waals surface area (Å²) in [5.41, 5.74) is 1.35. The zero-order chi connectivity index (χ0) is 10.9. The van der Waals surface area contributed by atoms with Crippen molar-refractivity contribution < 1.29 is 9.84 Å². The first-order valence-electron chi connectivity index (χ1n) is 5.18. The van der Waals surface area contributed by atoms with Gasteiger partial charge in [-0.25, -0.2) is 0 Å². The molecule has 0 bridgehead atoms. The molecule has 0 unspecified atom stereocenters. The van der Waals surface area contributed by atoms with Gasteiger partial charge in [0.05, 0.1) is 13.2 Å². The number of rotatable bonds is 3. The van der Waals surface area contributed by atoms with Crippen LogP contribution in [-0.2, 0) is 4.74 Å². The second-order valence-corrected chi connectivity index (χ2v) is 4.21. The van der Waals surface area contributed by atoms with Crippen LogP contribution in [0, 0.1) is 5.92 Å². The maximum Gasteiger partial charge on any atom is 0.118 e. The Morgan fingerprint density at radius 1 is 1.40 bits per heavy atom. The summed E-state index contributed by atoms with van der Waals surface area (Å²) in [6.07, 6.45) is 0. The van der Waals surface area contributed by atoms with E-state index in [2.05, 4.69) is 6.58 Å². The van der Waals surface area contributed by atoms with Crippen LogP contribution in [0.5, 0.6) is 0 Å². The van der Waals surface area contributed by atoms with Crippen LogP contribution in [0.3, 0.4) is 0 Å². The number of ether oxygens (including phenoxy) is 1. The molecule has 0 saturated carbocycles. The molecule has 0 spiro atoms. The molecule has 2 heteroatoms. The Kier molecular flexibility index (Phi) is 2.63. The lowest BCUT2D eigenvalue weighted by atomic mass is 9.80. The minimum atomic E-state index is -0.715. The molecule has 1 N–H and O–H groups in total. The van der Waals surface area contributed by atoms with E-state index in [0.717, 1.165) is 11.1 Å². The molecule has 80 valence electrons. The van der Waals surface area contributed by atoms with Gasteiger partial charge in [0.25, 0.3) is 0 Å². The lowest BCUT2D eigenvalue weighted by Gasteiger charge is -2.42. The highest BCUT2D eigenvalue weighted by Crippen LogP contribution is 2.34. The van der Waals surface area contributed by atoms with Crippen molar-refractivity contribution in [2.75, 3.05) is 13.2 Å². The van der Waals surface area contributed by atoms with E-state index in [9.17, 15) is 5.11 Å². The maximum absolute atomic E-state index is 10.1. The molecule has 2 nitrogen and oxygen atoms in total. The molecule has 0 amide bonds. The Balaban J connectivity index is 2.15. The van der Waals surface area contributed by atoms with Crippen molar-refractivity contribution in [3.05, 3.63) is 42.5 Å². The minimum absolute atomic E-state index is 0.0358. The van der Waals surface area contributed by atoms with Crippen LogP contribution in [0.15, 0.2) is 36.9 Å². The molecule has 1 heterocycles. The third-order valence-electron chi connectivity index (χ3n) is 3.18. The molecule has 0 aromatic heterocycles. The molecule has 1 saturated heterocycles. The number of aliphatic hydroxyl groups is 1. The first kappa shape index (κ1) is 10.4. The monoisotopic (exact) mass is 204 g/mol. The minimum Gasteiger partial charge on any atom is -0.384 e. The Bertz CT molecular complexity index is 352. The van der Waals surface area contributed by atoms with Gasteiger partial charge >= 0.3 is 0 Å². The standard InChI is InChI=1S/C13H16O2/c1-10(12-6-4-3-5-7-12)11(2)13(14)8-15-9-13/h3-7,11,14H,1,8-9H2,2H3/t11-/m1/s1. The Hall–Kier alpha value is -1.12. The fourth-order valence-electron chi connectivity index (χ4n) is 1.79. The highest BCUT2D eigenvalue weighted by molar-refractivity contribution is 5.66. The van der Waals surface area contributed by atoms with E-state index in [1.165, 1.54) is 0 Å². The number of hydrogen-bond donors (Lipinski definition) is 1. The van der Waals surface area contributed by atoms with Crippen LogP contribution in [-0.4, -0.2) is 23.9 Å². The fourth-order valence-corrected chi connectivity index (χ4v) is 1.79. The molecule has 0 radical (unpaired) electrons. The smallest absolute Gasteiger partial charge is 0.118 e. The van der Waals surface area contributed by atoms with Gasteiger partial charge in [-0.2, -0.15) is 0 Å². The summed E-state index contributed by atoms with van der Waals surface area (Å²) >= 11 is 0. The predicted octanol–water partition coefficient (Wildman–Crippen LogP) is 2.10. The largest absolute Gasteiger partial charge is 0.384 e. The van der Waals surface area contributed by atoms with E-state index >= 15 is 0 Å². The van der Waals surface area contributed by atoms with Crippen LogP contribution in [0.25, 0.3) is 5.57 Å². The average molecular weight is 204 g/mol. The van der Waals surface area contributed by atoms with Gasteiger partial charge in [-0.15, -0.1) is 0 Å². The van der Waals surface area contributed by atoms with Crippen molar-refractivity contribution >= 4 is 5.57 Å². The Morgan fingerprint density at radius 2 is 2.00 bits per heavy atom. The molecule has 0 aliphatic carbocycles. The normalized spacial score (nSPS) is 20.4. The van der Waals surface area contributed by atoms with Crippen LogP contribution in [0.2, 0.25) is 0 Å². The topological polar surface area (TPSA) is 29.5 Å².